The van der Waals surface area contributed by atoms with Crippen LogP contribution in [0.2, 0.25) is 0 Å². The molecule has 0 aliphatic carbocycles. The van der Waals surface area contributed by atoms with Crippen molar-refractivity contribution >= 4 is 5.96 Å². The molecule has 0 saturated heterocycles. The summed E-state index contributed by atoms with van der Waals surface area (Å²) < 4.78 is 5.43. The van der Waals surface area contributed by atoms with Gasteiger partial charge in [-0.05, 0) is 13.0 Å². The van der Waals surface area contributed by atoms with Gasteiger partial charge in [-0.3, -0.25) is 4.99 Å². The minimum absolute atomic E-state index is 0.616. The van der Waals surface area contributed by atoms with Gasteiger partial charge in [0.2, 0.25) is 5.88 Å². The molecule has 0 aliphatic heterocycles. The lowest BCUT2D eigenvalue weighted by Crippen LogP contribution is -2.34. The van der Waals surface area contributed by atoms with Crippen molar-refractivity contribution in [3.8, 4) is 5.88 Å². The fourth-order valence-corrected chi connectivity index (χ4v) is 1.28. The van der Waals surface area contributed by atoms with E-state index in [4.69, 9.17) is 4.74 Å². The van der Waals surface area contributed by atoms with Crippen LogP contribution in [0.1, 0.15) is 12.5 Å². The molecule has 0 spiro atoms. The standard InChI is InChI=1S/C11H18N4O/c1-4-16-10-9(6-5-7-14-10)8-15-11(12-2)13-3/h5-7H,4,8H2,1-3H3,(H2,12,13,15). The number of hydrogen-bond donors (Lipinski definition) is 2. The Morgan fingerprint density at radius 2 is 2.38 bits per heavy atom. The van der Waals surface area contributed by atoms with Crippen molar-refractivity contribution in [2.24, 2.45) is 4.99 Å². The summed E-state index contributed by atoms with van der Waals surface area (Å²) in [6, 6.07) is 3.87. The molecule has 1 rings (SSSR count). The van der Waals surface area contributed by atoms with E-state index < -0.39 is 0 Å². The number of guanidine groups is 1. The average molecular weight is 222 g/mol. The van der Waals surface area contributed by atoms with Crippen molar-refractivity contribution in [3.05, 3.63) is 23.9 Å². The van der Waals surface area contributed by atoms with Crippen LogP contribution in [0.25, 0.3) is 0 Å². The van der Waals surface area contributed by atoms with Crippen LogP contribution in [0.15, 0.2) is 23.3 Å². The van der Waals surface area contributed by atoms with E-state index in [1.54, 1.807) is 13.2 Å². The number of aliphatic imine (C=N–C) groups is 1. The lowest BCUT2D eigenvalue weighted by atomic mass is 10.2. The fraction of sp³-hybridized carbons (Fsp3) is 0.455. The van der Waals surface area contributed by atoms with Crippen molar-refractivity contribution in [1.29, 1.82) is 0 Å². The molecule has 1 heterocycles. The second-order valence-electron chi connectivity index (χ2n) is 3.08. The van der Waals surface area contributed by atoms with E-state index in [-0.39, 0.29) is 0 Å². The molecular formula is C11H18N4O. The third kappa shape index (κ3) is 3.42. The van der Waals surface area contributed by atoms with E-state index in [1.807, 2.05) is 26.1 Å². The van der Waals surface area contributed by atoms with Crippen LogP contribution in [0.3, 0.4) is 0 Å². The molecule has 0 aliphatic rings. The minimum Gasteiger partial charge on any atom is -0.478 e. The van der Waals surface area contributed by atoms with E-state index in [9.17, 15) is 0 Å². The van der Waals surface area contributed by atoms with Gasteiger partial charge in [0.1, 0.15) is 0 Å². The molecule has 0 bridgehead atoms. The van der Waals surface area contributed by atoms with Crippen molar-refractivity contribution in [2.45, 2.75) is 13.5 Å². The van der Waals surface area contributed by atoms with Crippen LogP contribution in [-0.2, 0) is 6.54 Å². The molecule has 5 heteroatoms. The van der Waals surface area contributed by atoms with Gasteiger partial charge in [0.05, 0.1) is 6.61 Å². The Labute approximate surface area is 95.9 Å². The Balaban J connectivity index is 2.65. The zero-order chi connectivity index (χ0) is 11.8. The molecule has 16 heavy (non-hydrogen) atoms. The number of nitrogens with one attached hydrogen (secondary N) is 2. The zero-order valence-electron chi connectivity index (χ0n) is 9.95. The van der Waals surface area contributed by atoms with Gasteiger partial charge in [-0.2, -0.15) is 0 Å². The molecule has 0 radical (unpaired) electrons. The minimum atomic E-state index is 0.616. The van der Waals surface area contributed by atoms with E-state index in [2.05, 4.69) is 20.6 Å². The first-order valence-electron chi connectivity index (χ1n) is 5.26. The van der Waals surface area contributed by atoms with Gasteiger partial charge in [-0.1, -0.05) is 6.07 Å². The highest BCUT2D eigenvalue weighted by Gasteiger charge is 2.04. The molecule has 2 N–H and O–H groups in total. The molecule has 5 nitrogen and oxygen atoms in total. The van der Waals surface area contributed by atoms with E-state index in [0.717, 1.165) is 11.5 Å². The third-order valence-electron chi connectivity index (χ3n) is 2.04. The maximum atomic E-state index is 5.43. The second-order valence-corrected chi connectivity index (χ2v) is 3.08. The highest BCUT2D eigenvalue weighted by molar-refractivity contribution is 5.79. The molecule has 88 valence electrons. The van der Waals surface area contributed by atoms with Gasteiger partial charge in [-0.25, -0.2) is 4.98 Å². The Kier molecular flexibility index (Phi) is 5.11. The zero-order valence-corrected chi connectivity index (χ0v) is 9.95. The lowest BCUT2D eigenvalue weighted by Gasteiger charge is -2.11. The van der Waals surface area contributed by atoms with Crippen molar-refractivity contribution < 1.29 is 4.74 Å². The van der Waals surface area contributed by atoms with Crippen LogP contribution in [0, 0.1) is 0 Å². The normalized spacial score (nSPS) is 11.1. The third-order valence-corrected chi connectivity index (χ3v) is 2.04. The number of nitrogens with zero attached hydrogens (tertiary/aromatic N) is 2. The van der Waals surface area contributed by atoms with E-state index in [1.165, 1.54) is 0 Å². The average Bonchev–Trinajstić information content (AvgIpc) is 2.33. The van der Waals surface area contributed by atoms with Gasteiger partial charge in [0, 0.05) is 32.4 Å². The Morgan fingerprint density at radius 3 is 3.00 bits per heavy atom. The Bertz CT molecular complexity index is 352. The fourth-order valence-electron chi connectivity index (χ4n) is 1.28. The van der Waals surface area contributed by atoms with Gasteiger partial charge in [-0.15, -0.1) is 0 Å². The molecule has 0 saturated carbocycles. The summed E-state index contributed by atoms with van der Waals surface area (Å²) in [5, 5.41) is 6.10. The first kappa shape index (κ1) is 12.3. The van der Waals surface area contributed by atoms with Gasteiger partial charge >= 0.3 is 0 Å². The maximum absolute atomic E-state index is 5.43. The predicted molar refractivity (Wildman–Crippen MR) is 64.7 cm³/mol. The van der Waals surface area contributed by atoms with Crippen LogP contribution in [-0.4, -0.2) is 31.6 Å². The number of hydrogen-bond acceptors (Lipinski definition) is 3. The largest absolute Gasteiger partial charge is 0.478 e. The first-order valence-corrected chi connectivity index (χ1v) is 5.26. The molecular weight excluding hydrogens is 204 g/mol. The number of rotatable bonds is 4. The molecule has 0 fully saturated rings. The summed E-state index contributed by atoms with van der Waals surface area (Å²) in [4.78, 5) is 8.21. The number of pyridine rings is 1. The van der Waals surface area contributed by atoms with Gasteiger partial charge < -0.3 is 15.4 Å². The Morgan fingerprint density at radius 1 is 1.56 bits per heavy atom. The summed E-state index contributed by atoms with van der Waals surface area (Å²) in [6.07, 6.45) is 1.72. The molecule has 0 aromatic carbocycles. The molecule has 1 aromatic rings. The first-order chi connectivity index (χ1) is 7.81. The van der Waals surface area contributed by atoms with Gasteiger partial charge in [0.15, 0.2) is 5.96 Å². The quantitative estimate of drug-likeness (QED) is 0.583. The summed E-state index contributed by atoms with van der Waals surface area (Å²) >= 11 is 0. The van der Waals surface area contributed by atoms with Crippen LogP contribution >= 0.6 is 0 Å². The highest BCUT2D eigenvalue weighted by atomic mass is 16.5. The SMILES string of the molecule is CCOc1ncccc1CNC(=NC)NC. The van der Waals surface area contributed by atoms with Crippen LogP contribution in [0.5, 0.6) is 5.88 Å². The molecule has 0 atom stereocenters. The second kappa shape index (κ2) is 6.66. The van der Waals surface area contributed by atoms with Crippen molar-refractivity contribution in [2.75, 3.05) is 20.7 Å². The topological polar surface area (TPSA) is 58.5 Å². The predicted octanol–water partition coefficient (Wildman–Crippen LogP) is 0.775. The molecule has 0 amide bonds. The number of aromatic nitrogens is 1. The van der Waals surface area contributed by atoms with E-state index in [0.29, 0.717) is 19.0 Å². The van der Waals surface area contributed by atoms with Crippen molar-refractivity contribution in [1.82, 2.24) is 15.6 Å². The molecule has 1 aromatic heterocycles. The number of ether oxygens (including phenoxy) is 1. The van der Waals surface area contributed by atoms with Crippen LogP contribution in [0.4, 0.5) is 0 Å². The van der Waals surface area contributed by atoms with Gasteiger partial charge in [0.25, 0.3) is 0 Å². The summed E-state index contributed by atoms with van der Waals surface area (Å²) in [5.41, 5.74) is 1.01. The highest BCUT2D eigenvalue weighted by Crippen LogP contribution is 2.13. The smallest absolute Gasteiger partial charge is 0.218 e. The lowest BCUT2D eigenvalue weighted by molar-refractivity contribution is 0.322. The monoisotopic (exact) mass is 222 g/mol. The van der Waals surface area contributed by atoms with Crippen molar-refractivity contribution in [3.63, 3.8) is 0 Å². The molecule has 0 unspecified atom stereocenters. The maximum Gasteiger partial charge on any atom is 0.218 e. The summed E-state index contributed by atoms with van der Waals surface area (Å²) in [7, 11) is 3.55. The summed E-state index contributed by atoms with van der Waals surface area (Å²) in [5.74, 6) is 1.41. The van der Waals surface area contributed by atoms with Crippen LogP contribution < -0.4 is 15.4 Å². The summed E-state index contributed by atoms with van der Waals surface area (Å²) in [6.45, 7) is 3.19. The Hall–Kier alpha value is -1.78. The van der Waals surface area contributed by atoms with E-state index >= 15 is 0 Å².